The molecule has 0 spiro atoms. The van der Waals surface area contributed by atoms with E-state index in [-0.39, 0.29) is 17.2 Å². The van der Waals surface area contributed by atoms with Gasteiger partial charge in [-0.05, 0) is 25.0 Å². The second-order valence-electron chi connectivity index (χ2n) is 7.13. The third kappa shape index (κ3) is 3.44. The van der Waals surface area contributed by atoms with Crippen LogP contribution in [0.5, 0.6) is 0 Å². The van der Waals surface area contributed by atoms with E-state index in [1.165, 1.54) is 0 Å². The van der Waals surface area contributed by atoms with Crippen molar-refractivity contribution in [2.45, 2.75) is 39.5 Å². The molecular formula is C18H23N3O2. The zero-order chi connectivity index (χ0) is 16.4. The number of carbonyl (C=O) groups is 1. The van der Waals surface area contributed by atoms with Crippen LogP contribution in [0.2, 0.25) is 0 Å². The van der Waals surface area contributed by atoms with E-state index < -0.39 is 0 Å². The summed E-state index contributed by atoms with van der Waals surface area (Å²) in [5.41, 5.74) is 0.615. The van der Waals surface area contributed by atoms with Crippen molar-refractivity contribution in [2.24, 2.45) is 5.41 Å². The lowest BCUT2D eigenvalue weighted by Crippen LogP contribution is -2.43. The summed E-state index contributed by atoms with van der Waals surface area (Å²) in [6.45, 7) is 7.40. The molecule has 0 radical (unpaired) electrons. The summed E-state index contributed by atoms with van der Waals surface area (Å²) >= 11 is 0. The first kappa shape index (κ1) is 15.7. The molecule has 1 aliphatic heterocycles. The van der Waals surface area contributed by atoms with Gasteiger partial charge in [0.05, 0.1) is 0 Å². The predicted octanol–water partition coefficient (Wildman–Crippen LogP) is 3.49. The summed E-state index contributed by atoms with van der Waals surface area (Å²) in [5.74, 6) is 1.70. The van der Waals surface area contributed by atoms with Gasteiger partial charge in [-0.25, -0.2) is 0 Å². The number of likely N-dealkylation sites (tertiary alicyclic amines) is 1. The third-order valence-corrected chi connectivity index (χ3v) is 4.23. The molecule has 1 aliphatic rings. The molecule has 122 valence electrons. The number of hydrogen-bond acceptors (Lipinski definition) is 4. The Morgan fingerprint density at radius 1 is 1.13 bits per heavy atom. The van der Waals surface area contributed by atoms with Crippen LogP contribution in [0.1, 0.15) is 45.4 Å². The molecule has 2 heterocycles. The normalized spacial score (nSPS) is 16.6. The van der Waals surface area contributed by atoms with Gasteiger partial charge in [0.15, 0.2) is 0 Å². The van der Waals surface area contributed by atoms with Crippen molar-refractivity contribution in [3.63, 3.8) is 0 Å². The van der Waals surface area contributed by atoms with E-state index in [0.29, 0.717) is 11.8 Å². The lowest BCUT2D eigenvalue weighted by atomic mass is 9.91. The number of piperidine rings is 1. The van der Waals surface area contributed by atoms with E-state index in [2.05, 4.69) is 10.2 Å². The summed E-state index contributed by atoms with van der Waals surface area (Å²) in [4.78, 5) is 14.3. The topological polar surface area (TPSA) is 59.2 Å². The van der Waals surface area contributed by atoms with Gasteiger partial charge in [-0.15, -0.1) is 10.2 Å². The maximum absolute atomic E-state index is 12.3. The van der Waals surface area contributed by atoms with Crippen LogP contribution in [0, 0.1) is 5.41 Å². The number of carbonyl (C=O) groups excluding carboxylic acids is 1. The molecule has 2 aromatic rings. The Morgan fingerprint density at radius 3 is 2.39 bits per heavy atom. The van der Waals surface area contributed by atoms with Gasteiger partial charge in [-0.1, -0.05) is 39.0 Å². The Balaban J connectivity index is 1.65. The molecule has 0 saturated carbocycles. The van der Waals surface area contributed by atoms with E-state index >= 15 is 0 Å². The third-order valence-electron chi connectivity index (χ3n) is 4.23. The highest BCUT2D eigenvalue weighted by Crippen LogP contribution is 2.30. The van der Waals surface area contributed by atoms with Crippen molar-refractivity contribution >= 4 is 5.91 Å². The first-order valence-corrected chi connectivity index (χ1v) is 8.13. The van der Waals surface area contributed by atoms with E-state index in [1.54, 1.807) is 0 Å². The van der Waals surface area contributed by atoms with Crippen LogP contribution in [-0.2, 0) is 4.79 Å². The summed E-state index contributed by atoms with van der Waals surface area (Å²) in [5, 5.41) is 8.37. The quantitative estimate of drug-likeness (QED) is 0.851. The minimum absolute atomic E-state index is 0.214. The number of hydrogen-bond donors (Lipinski definition) is 0. The van der Waals surface area contributed by atoms with Gasteiger partial charge < -0.3 is 9.32 Å². The van der Waals surface area contributed by atoms with Crippen LogP contribution in [0.3, 0.4) is 0 Å². The number of benzene rings is 1. The largest absolute Gasteiger partial charge is 0.420 e. The lowest BCUT2D eigenvalue weighted by molar-refractivity contribution is -0.140. The minimum Gasteiger partial charge on any atom is -0.420 e. The highest BCUT2D eigenvalue weighted by atomic mass is 16.4. The number of amides is 1. The Labute approximate surface area is 136 Å². The van der Waals surface area contributed by atoms with Gasteiger partial charge in [0.2, 0.25) is 17.7 Å². The fraction of sp³-hybridized carbons (Fsp3) is 0.500. The molecule has 5 nitrogen and oxygen atoms in total. The van der Waals surface area contributed by atoms with E-state index in [0.717, 1.165) is 31.5 Å². The lowest BCUT2D eigenvalue weighted by Gasteiger charge is -2.34. The van der Waals surface area contributed by atoms with Gasteiger partial charge in [0.25, 0.3) is 0 Å². The zero-order valence-electron chi connectivity index (χ0n) is 14.0. The molecule has 1 aromatic carbocycles. The molecule has 3 rings (SSSR count). The van der Waals surface area contributed by atoms with E-state index in [1.807, 2.05) is 56.0 Å². The number of rotatable bonds is 2. The fourth-order valence-electron chi connectivity index (χ4n) is 2.90. The van der Waals surface area contributed by atoms with Crippen LogP contribution in [0.4, 0.5) is 0 Å². The molecule has 0 unspecified atom stereocenters. The highest BCUT2D eigenvalue weighted by Gasteiger charge is 2.32. The molecule has 0 aliphatic carbocycles. The average Bonchev–Trinajstić information content (AvgIpc) is 3.04. The molecule has 1 saturated heterocycles. The van der Waals surface area contributed by atoms with Crippen LogP contribution in [0.25, 0.3) is 11.5 Å². The molecule has 5 heteroatoms. The van der Waals surface area contributed by atoms with Crippen molar-refractivity contribution in [3.8, 4) is 11.5 Å². The SMILES string of the molecule is CC(C)(C)C(=O)N1CCC(c2nnc(-c3ccccc3)o2)CC1. The fourth-order valence-corrected chi connectivity index (χ4v) is 2.90. The van der Waals surface area contributed by atoms with Crippen molar-refractivity contribution in [2.75, 3.05) is 13.1 Å². The smallest absolute Gasteiger partial charge is 0.247 e. The molecular weight excluding hydrogens is 290 g/mol. The van der Waals surface area contributed by atoms with Gasteiger partial charge in [0.1, 0.15) is 0 Å². The molecule has 0 atom stereocenters. The van der Waals surface area contributed by atoms with Crippen molar-refractivity contribution in [3.05, 3.63) is 36.2 Å². The van der Waals surface area contributed by atoms with Gasteiger partial charge >= 0.3 is 0 Å². The summed E-state index contributed by atoms with van der Waals surface area (Å²) in [6.07, 6.45) is 1.75. The first-order valence-electron chi connectivity index (χ1n) is 8.13. The average molecular weight is 313 g/mol. The van der Waals surface area contributed by atoms with Crippen molar-refractivity contribution in [1.29, 1.82) is 0 Å². The van der Waals surface area contributed by atoms with Gasteiger partial charge in [-0.2, -0.15) is 0 Å². The predicted molar refractivity (Wildman–Crippen MR) is 87.7 cm³/mol. The Morgan fingerprint density at radius 2 is 1.78 bits per heavy atom. The van der Waals surface area contributed by atoms with Crippen molar-refractivity contribution in [1.82, 2.24) is 15.1 Å². The molecule has 1 amide bonds. The highest BCUT2D eigenvalue weighted by molar-refractivity contribution is 5.81. The molecule has 23 heavy (non-hydrogen) atoms. The number of nitrogens with zero attached hydrogens (tertiary/aromatic N) is 3. The monoisotopic (exact) mass is 313 g/mol. The van der Waals surface area contributed by atoms with Crippen LogP contribution in [0.15, 0.2) is 34.7 Å². The summed E-state index contributed by atoms with van der Waals surface area (Å²) in [6, 6.07) is 9.79. The molecule has 1 fully saturated rings. The van der Waals surface area contributed by atoms with Crippen LogP contribution >= 0.6 is 0 Å². The number of aromatic nitrogens is 2. The van der Waals surface area contributed by atoms with Gasteiger partial charge in [0, 0.05) is 30.0 Å². The Bertz CT molecular complexity index is 665. The van der Waals surface area contributed by atoms with Crippen LogP contribution < -0.4 is 0 Å². The summed E-state index contributed by atoms with van der Waals surface area (Å²) in [7, 11) is 0. The Hall–Kier alpha value is -2.17. The maximum Gasteiger partial charge on any atom is 0.247 e. The molecule has 0 N–H and O–H groups in total. The maximum atomic E-state index is 12.3. The minimum atomic E-state index is -0.322. The van der Waals surface area contributed by atoms with Crippen LogP contribution in [-0.4, -0.2) is 34.1 Å². The zero-order valence-corrected chi connectivity index (χ0v) is 14.0. The first-order chi connectivity index (χ1) is 10.9. The van der Waals surface area contributed by atoms with Crippen molar-refractivity contribution < 1.29 is 9.21 Å². The Kier molecular flexibility index (Phi) is 4.20. The second-order valence-corrected chi connectivity index (χ2v) is 7.13. The summed E-state index contributed by atoms with van der Waals surface area (Å²) < 4.78 is 5.85. The second kappa shape index (κ2) is 6.14. The molecule has 0 bridgehead atoms. The standard InChI is InChI=1S/C18H23N3O2/c1-18(2,3)17(22)21-11-9-14(10-12-21)16-20-19-15(23-16)13-7-5-4-6-8-13/h4-8,14H,9-12H2,1-3H3. The van der Waals surface area contributed by atoms with E-state index in [9.17, 15) is 4.79 Å². The van der Waals surface area contributed by atoms with E-state index in [4.69, 9.17) is 4.42 Å². The molecule has 1 aromatic heterocycles. The van der Waals surface area contributed by atoms with Gasteiger partial charge in [-0.3, -0.25) is 4.79 Å².